The Morgan fingerprint density at radius 2 is 1.93 bits per heavy atom. The lowest BCUT2D eigenvalue weighted by atomic mass is 10.0. The number of hydrogen-bond donors (Lipinski definition) is 3. The largest absolute Gasteiger partial charge is 0.444 e. The molecule has 1 saturated carbocycles. The number of amides is 3. The van der Waals surface area contributed by atoms with Crippen LogP contribution in [0.15, 0.2) is 36.8 Å². The molecular formula is C30H37N9O3. The van der Waals surface area contributed by atoms with E-state index in [1.165, 1.54) is 6.33 Å². The average molecular weight is 572 g/mol. The Labute approximate surface area is 244 Å². The van der Waals surface area contributed by atoms with Gasteiger partial charge in [0.25, 0.3) is 0 Å². The van der Waals surface area contributed by atoms with Crippen molar-refractivity contribution >= 4 is 40.3 Å². The number of likely N-dealkylation sites (tertiary alicyclic amines) is 1. The Bertz CT molecular complexity index is 1640. The van der Waals surface area contributed by atoms with Gasteiger partial charge in [-0.25, -0.2) is 29.1 Å². The van der Waals surface area contributed by atoms with E-state index in [1.54, 1.807) is 9.42 Å². The zero-order valence-electron chi connectivity index (χ0n) is 24.5. The Kier molecular flexibility index (Phi) is 7.29. The predicted octanol–water partition coefficient (Wildman–Crippen LogP) is 5.00. The highest BCUT2D eigenvalue weighted by Gasteiger charge is 2.28. The first kappa shape index (κ1) is 27.7. The number of nitrogens with one attached hydrogen (secondary N) is 3. The number of carbonyl (C=O) groups is 2. The summed E-state index contributed by atoms with van der Waals surface area (Å²) in [6.07, 6.45) is 7.60. The standard InChI is InChI=1S/C30H37N9O3/c1-5-18-13-19(23-10-11-24-26(32-17-33-39(23)24)37-28(40)35-21-8-9-21)14-20-15-31-27(36-25(18)20)34-22-7-6-12-38(16-22)29(41)42-30(2,3)4/h10-11,13-15,17,21-22H,5-9,12,16H2,1-4H3,(H,31,34,36)(H2,32,33,35,37,40)/t22-/m0/s1. The first-order chi connectivity index (χ1) is 20.2. The van der Waals surface area contributed by atoms with Crippen LogP contribution in [-0.4, -0.2) is 72.4 Å². The Balaban J connectivity index is 1.23. The Morgan fingerprint density at radius 3 is 2.69 bits per heavy atom. The molecule has 3 amide bonds. The third-order valence-corrected chi connectivity index (χ3v) is 7.44. The van der Waals surface area contributed by atoms with Gasteiger partial charge in [0.1, 0.15) is 17.4 Å². The van der Waals surface area contributed by atoms with Crippen LogP contribution in [0.4, 0.5) is 21.4 Å². The quantitative estimate of drug-likeness (QED) is 0.294. The molecule has 0 unspecified atom stereocenters. The number of urea groups is 1. The van der Waals surface area contributed by atoms with E-state index in [0.29, 0.717) is 30.4 Å². The summed E-state index contributed by atoms with van der Waals surface area (Å²) in [6.45, 7) is 8.95. The molecule has 12 heteroatoms. The first-order valence-electron chi connectivity index (χ1n) is 14.6. The molecule has 42 heavy (non-hydrogen) atoms. The number of benzene rings is 1. The van der Waals surface area contributed by atoms with Gasteiger partial charge in [0.05, 0.1) is 11.2 Å². The van der Waals surface area contributed by atoms with E-state index < -0.39 is 5.60 Å². The summed E-state index contributed by atoms with van der Waals surface area (Å²) in [5, 5.41) is 14.6. The van der Waals surface area contributed by atoms with Crippen molar-refractivity contribution in [3.05, 3.63) is 42.4 Å². The minimum atomic E-state index is -0.528. The van der Waals surface area contributed by atoms with Crippen LogP contribution in [0.25, 0.3) is 27.7 Å². The van der Waals surface area contributed by atoms with Gasteiger partial charge in [0, 0.05) is 42.3 Å². The van der Waals surface area contributed by atoms with Crippen molar-refractivity contribution in [2.24, 2.45) is 0 Å². The van der Waals surface area contributed by atoms with E-state index in [9.17, 15) is 9.59 Å². The Morgan fingerprint density at radius 1 is 1.10 bits per heavy atom. The second kappa shape index (κ2) is 11.1. The molecule has 1 atom stereocenters. The van der Waals surface area contributed by atoms with Crippen LogP contribution in [0.2, 0.25) is 0 Å². The summed E-state index contributed by atoms with van der Waals surface area (Å²) >= 11 is 0. The third-order valence-electron chi connectivity index (χ3n) is 7.44. The molecule has 1 aliphatic carbocycles. The van der Waals surface area contributed by atoms with Gasteiger partial charge in [-0.2, -0.15) is 5.10 Å². The van der Waals surface area contributed by atoms with Crippen LogP contribution >= 0.6 is 0 Å². The molecule has 3 aromatic heterocycles. The van der Waals surface area contributed by atoms with Crippen molar-refractivity contribution in [3.8, 4) is 11.3 Å². The van der Waals surface area contributed by atoms with Crippen LogP contribution in [-0.2, 0) is 11.2 Å². The number of piperidine rings is 1. The van der Waals surface area contributed by atoms with Crippen LogP contribution in [0.1, 0.15) is 58.9 Å². The summed E-state index contributed by atoms with van der Waals surface area (Å²) in [4.78, 5) is 40.5. The van der Waals surface area contributed by atoms with Crippen LogP contribution < -0.4 is 16.0 Å². The highest BCUT2D eigenvalue weighted by Crippen LogP contribution is 2.30. The van der Waals surface area contributed by atoms with E-state index in [2.05, 4.69) is 50.1 Å². The number of nitrogens with zero attached hydrogens (tertiary/aromatic N) is 6. The molecule has 2 fully saturated rings. The van der Waals surface area contributed by atoms with Crippen molar-refractivity contribution < 1.29 is 14.3 Å². The van der Waals surface area contributed by atoms with Gasteiger partial charge in [0.15, 0.2) is 5.82 Å². The van der Waals surface area contributed by atoms with Crippen LogP contribution in [0.5, 0.6) is 0 Å². The SMILES string of the molecule is CCc1cc(-c2ccc3c(NC(=O)NC4CC4)ncnn23)cc2cnc(N[C@H]3CCCN(C(=O)OC(C)(C)C)C3)nc12. The van der Waals surface area contributed by atoms with Gasteiger partial charge < -0.3 is 20.3 Å². The molecule has 6 rings (SSSR count). The zero-order chi connectivity index (χ0) is 29.4. The maximum absolute atomic E-state index is 12.6. The van der Waals surface area contributed by atoms with Gasteiger partial charge in [-0.1, -0.05) is 6.92 Å². The van der Waals surface area contributed by atoms with Crippen LogP contribution in [0, 0.1) is 0 Å². The second-order valence-electron chi connectivity index (χ2n) is 12.0. The number of anilines is 2. The number of ether oxygens (including phenoxy) is 1. The van der Waals surface area contributed by atoms with E-state index >= 15 is 0 Å². The molecule has 0 radical (unpaired) electrons. The summed E-state index contributed by atoms with van der Waals surface area (Å²) in [5.74, 6) is 1.000. The molecule has 1 saturated heterocycles. The van der Waals surface area contributed by atoms with Crippen molar-refractivity contribution in [1.82, 2.24) is 34.8 Å². The number of carbonyl (C=O) groups excluding carboxylic acids is 2. The van der Waals surface area contributed by atoms with E-state index in [0.717, 1.165) is 59.8 Å². The lowest BCUT2D eigenvalue weighted by Crippen LogP contribution is -2.47. The number of hydrogen-bond acceptors (Lipinski definition) is 8. The van der Waals surface area contributed by atoms with E-state index in [4.69, 9.17) is 9.72 Å². The third kappa shape index (κ3) is 6.07. The van der Waals surface area contributed by atoms with Gasteiger partial charge >= 0.3 is 12.1 Å². The summed E-state index contributed by atoms with van der Waals surface area (Å²) in [6, 6.07) is 8.10. The normalized spacial score (nSPS) is 17.3. The van der Waals surface area contributed by atoms with E-state index in [1.807, 2.05) is 39.1 Å². The molecule has 1 aromatic carbocycles. The molecule has 220 valence electrons. The molecule has 0 spiro atoms. The minimum Gasteiger partial charge on any atom is -0.444 e. The minimum absolute atomic E-state index is 0.0361. The summed E-state index contributed by atoms with van der Waals surface area (Å²) in [7, 11) is 0. The van der Waals surface area contributed by atoms with Crippen molar-refractivity contribution in [2.75, 3.05) is 23.7 Å². The topological polar surface area (TPSA) is 139 Å². The summed E-state index contributed by atoms with van der Waals surface area (Å²) < 4.78 is 7.36. The molecule has 4 heterocycles. The van der Waals surface area contributed by atoms with Crippen molar-refractivity contribution in [2.45, 2.75) is 77.5 Å². The second-order valence-corrected chi connectivity index (χ2v) is 12.0. The van der Waals surface area contributed by atoms with Crippen molar-refractivity contribution in [3.63, 3.8) is 0 Å². The van der Waals surface area contributed by atoms with Gasteiger partial charge in [-0.3, -0.25) is 5.32 Å². The monoisotopic (exact) mass is 571 g/mol. The van der Waals surface area contributed by atoms with Gasteiger partial charge in [0.2, 0.25) is 5.95 Å². The first-order valence-corrected chi connectivity index (χ1v) is 14.6. The maximum Gasteiger partial charge on any atom is 0.410 e. The smallest absolute Gasteiger partial charge is 0.410 e. The van der Waals surface area contributed by atoms with Crippen LogP contribution in [0.3, 0.4) is 0 Å². The summed E-state index contributed by atoms with van der Waals surface area (Å²) in [5.41, 5.74) is 3.99. The van der Waals surface area contributed by atoms with Crippen molar-refractivity contribution in [1.29, 1.82) is 0 Å². The molecule has 2 aliphatic rings. The average Bonchev–Trinajstić information content (AvgIpc) is 3.65. The number of rotatable bonds is 6. The van der Waals surface area contributed by atoms with Gasteiger partial charge in [-0.15, -0.1) is 0 Å². The fourth-order valence-corrected chi connectivity index (χ4v) is 5.28. The number of fused-ring (bicyclic) bond motifs is 2. The highest BCUT2D eigenvalue weighted by atomic mass is 16.6. The number of aromatic nitrogens is 5. The number of aryl methyl sites for hydroxylation is 1. The molecule has 12 nitrogen and oxygen atoms in total. The fourth-order valence-electron chi connectivity index (χ4n) is 5.28. The van der Waals surface area contributed by atoms with Gasteiger partial charge in [-0.05, 0) is 82.7 Å². The molecular weight excluding hydrogens is 534 g/mol. The Hall–Kier alpha value is -4.48. The highest BCUT2D eigenvalue weighted by molar-refractivity contribution is 5.94. The lowest BCUT2D eigenvalue weighted by Gasteiger charge is -2.34. The molecule has 0 bridgehead atoms. The molecule has 1 aliphatic heterocycles. The lowest BCUT2D eigenvalue weighted by molar-refractivity contribution is 0.0206. The maximum atomic E-state index is 12.6. The fraction of sp³-hybridized carbons (Fsp3) is 0.467. The zero-order valence-corrected chi connectivity index (χ0v) is 24.5. The molecule has 3 N–H and O–H groups in total. The predicted molar refractivity (Wildman–Crippen MR) is 161 cm³/mol. The van der Waals surface area contributed by atoms with E-state index in [-0.39, 0.29) is 24.2 Å². The molecule has 4 aromatic rings.